The zero-order chi connectivity index (χ0) is 24.9. The second kappa shape index (κ2) is 10.7. The molecule has 6 aromatic rings. The lowest BCUT2D eigenvalue weighted by Crippen LogP contribution is -1.92. The molecule has 1 heteroatoms. The first-order valence-corrected chi connectivity index (χ1v) is 13.4. The fourth-order valence-corrected chi connectivity index (χ4v) is 6.16. The van der Waals surface area contributed by atoms with Gasteiger partial charge in [0.05, 0.1) is 0 Å². The van der Waals surface area contributed by atoms with E-state index in [0.29, 0.717) is 0 Å². The Kier molecular flexibility index (Phi) is 6.70. The van der Waals surface area contributed by atoms with Gasteiger partial charge in [-0.2, -0.15) is 0 Å². The second-order valence-corrected chi connectivity index (χ2v) is 9.95. The molecule has 0 bridgehead atoms. The molecule has 0 saturated heterocycles. The Morgan fingerprint density at radius 3 is 0.730 bits per heavy atom. The molecule has 0 N–H and O–H groups in total. The molecule has 0 unspecified atom stereocenters. The quantitative estimate of drug-likeness (QED) is 0.224. The van der Waals surface area contributed by atoms with E-state index in [4.69, 9.17) is 0 Å². The van der Waals surface area contributed by atoms with E-state index < -0.39 is 0 Å². The van der Waals surface area contributed by atoms with Gasteiger partial charge in [-0.3, -0.25) is 0 Å². The standard InChI is InChI=1S/C36H26S/c1-5-15-27(16-6-1)31-23-13-24-32(28-17-7-2-8-18-28)35(31)37-36-33(29-19-9-3-10-20-29)25-14-26-34(36)30-21-11-4-12-22-30/h1-26H. The Morgan fingerprint density at radius 1 is 0.243 bits per heavy atom. The molecule has 0 aliphatic carbocycles. The molecule has 0 aliphatic rings. The molecule has 0 spiro atoms. The van der Waals surface area contributed by atoms with Crippen molar-refractivity contribution in [3.8, 4) is 44.5 Å². The van der Waals surface area contributed by atoms with Crippen molar-refractivity contribution in [2.45, 2.75) is 9.79 Å². The highest BCUT2D eigenvalue weighted by molar-refractivity contribution is 8.00. The third kappa shape index (κ3) is 4.87. The number of benzene rings is 6. The van der Waals surface area contributed by atoms with Crippen LogP contribution >= 0.6 is 11.8 Å². The van der Waals surface area contributed by atoms with Crippen LogP contribution in [0.25, 0.3) is 44.5 Å². The first-order chi connectivity index (χ1) is 18.4. The third-order valence-corrected chi connectivity index (χ3v) is 7.86. The zero-order valence-electron chi connectivity index (χ0n) is 20.4. The van der Waals surface area contributed by atoms with Crippen LogP contribution in [-0.2, 0) is 0 Å². The van der Waals surface area contributed by atoms with E-state index in [1.165, 1.54) is 54.3 Å². The topological polar surface area (TPSA) is 0 Å². The summed E-state index contributed by atoms with van der Waals surface area (Å²) >= 11 is 1.87. The zero-order valence-corrected chi connectivity index (χ0v) is 21.2. The van der Waals surface area contributed by atoms with Crippen LogP contribution in [0.4, 0.5) is 0 Å². The maximum atomic E-state index is 2.25. The lowest BCUT2D eigenvalue weighted by Gasteiger charge is -2.20. The predicted octanol–water partition coefficient (Wildman–Crippen LogP) is 10.5. The van der Waals surface area contributed by atoms with Crippen molar-refractivity contribution in [1.82, 2.24) is 0 Å². The van der Waals surface area contributed by atoms with Crippen molar-refractivity contribution < 1.29 is 0 Å². The normalized spacial score (nSPS) is 10.8. The van der Waals surface area contributed by atoms with Crippen LogP contribution < -0.4 is 0 Å². The minimum atomic E-state index is 1.22. The lowest BCUT2D eigenvalue weighted by molar-refractivity contribution is 1.38. The summed E-state index contributed by atoms with van der Waals surface area (Å²) in [6.45, 7) is 0. The van der Waals surface area contributed by atoms with Crippen LogP contribution in [0.1, 0.15) is 0 Å². The van der Waals surface area contributed by atoms with Crippen LogP contribution in [0.5, 0.6) is 0 Å². The maximum absolute atomic E-state index is 2.25. The van der Waals surface area contributed by atoms with Gasteiger partial charge in [0.15, 0.2) is 0 Å². The summed E-state index contributed by atoms with van der Waals surface area (Å²) in [6.07, 6.45) is 0. The molecule has 0 nitrogen and oxygen atoms in total. The minimum Gasteiger partial charge on any atom is -0.0875 e. The monoisotopic (exact) mass is 490 g/mol. The molecule has 0 amide bonds. The molecule has 6 aromatic carbocycles. The van der Waals surface area contributed by atoms with Crippen LogP contribution in [0.2, 0.25) is 0 Å². The fourth-order valence-electron chi connectivity index (χ4n) is 4.78. The van der Waals surface area contributed by atoms with Gasteiger partial charge >= 0.3 is 0 Å². The molecule has 6 rings (SSSR count). The van der Waals surface area contributed by atoms with Gasteiger partial charge in [-0.05, 0) is 44.5 Å². The molecule has 0 radical (unpaired) electrons. The van der Waals surface area contributed by atoms with E-state index in [0.717, 1.165) is 0 Å². The molecular weight excluding hydrogens is 464 g/mol. The summed E-state index contributed by atoms with van der Waals surface area (Å²) < 4.78 is 0. The summed E-state index contributed by atoms with van der Waals surface area (Å²) in [5.74, 6) is 0. The van der Waals surface area contributed by atoms with E-state index >= 15 is 0 Å². The molecule has 0 fully saturated rings. The molecule has 0 aliphatic heterocycles. The Bertz CT molecular complexity index is 1370. The van der Waals surface area contributed by atoms with E-state index in [1.54, 1.807) is 0 Å². The van der Waals surface area contributed by atoms with Crippen LogP contribution in [-0.4, -0.2) is 0 Å². The summed E-state index contributed by atoms with van der Waals surface area (Å²) in [5, 5.41) is 0. The summed E-state index contributed by atoms with van der Waals surface area (Å²) in [4.78, 5) is 2.53. The largest absolute Gasteiger partial charge is 0.0875 e. The average molecular weight is 491 g/mol. The molecule has 0 saturated carbocycles. The minimum absolute atomic E-state index is 1.22. The van der Waals surface area contributed by atoms with Gasteiger partial charge in [-0.25, -0.2) is 0 Å². The molecular formula is C36H26S. The Hall–Kier alpha value is -4.33. The Labute approximate surface area is 223 Å². The highest BCUT2D eigenvalue weighted by atomic mass is 32.2. The molecule has 0 atom stereocenters. The van der Waals surface area contributed by atoms with E-state index in [2.05, 4.69) is 158 Å². The number of hydrogen-bond donors (Lipinski definition) is 0. The van der Waals surface area contributed by atoms with Crippen molar-refractivity contribution in [1.29, 1.82) is 0 Å². The Morgan fingerprint density at radius 2 is 0.486 bits per heavy atom. The van der Waals surface area contributed by atoms with Crippen molar-refractivity contribution in [2.24, 2.45) is 0 Å². The molecule has 37 heavy (non-hydrogen) atoms. The van der Waals surface area contributed by atoms with Gasteiger partial charge in [-0.1, -0.05) is 169 Å². The maximum Gasteiger partial charge on any atom is 0.0279 e. The van der Waals surface area contributed by atoms with Gasteiger partial charge in [0.25, 0.3) is 0 Å². The van der Waals surface area contributed by atoms with Crippen molar-refractivity contribution in [2.75, 3.05) is 0 Å². The number of hydrogen-bond acceptors (Lipinski definition) is 1. The summed E-state index contributed by atoms with van der Waals surface area (Å²) in [7, 11) is 0. The van der Waals surface area contributed by atoms with Crippen molar-refractivity contribution in [3.63, 3.8) is 0 Å². The smallest absolute Gasteiger partial charge is 0.0279 e. The highest BCUT2D eigenvalue weighted by Crippen LogP contribution is 2.48. The SMILES string of the molecule is c1ccc(-c2cccc(-c3ccccc3)c2Sc2c(-c3ccccc3)cccc2-c2ccccc2)cc1. The summed E-state index contributed by atoms with van der Waals surface area (Å²) in [6, 6.07) is 56.2. The van der Waals surface area contributed by atoms with Gasteiger partial charge in [0.1, 0.15) is 0 Å². The van der Waals surface area contributed by atoms with Gasteiger partial charge in [0.2, 0.25) is 0 Å². The lowest BCUT2D eigenvalue weighted by atomic mass is 9.98. The van der Waals surface area contributed by atoms with E-state index in [-0.39, 0.29) is 0 Å². The molecule has 176 valence electrons. The fraction of sp³-hybridized carbons (Fsp3) is 0. The van der Waals surface area contributed by atoms with Crippen molar-refractivity contribution >= 4 is 11.8 Å². The van der Waals surface area contributed by atoms with Crippen LogP contribution in [0.15, 0.2) is 168 Å². The highest BCUT2D eigenvalue weighted by Gasteiger charge is 2.19. The van der Waals surface area contributed by atoms with E-state index in [1.807, 2.05) is 11.8 Å². The third-order valence-electron chi connectivity index (χ3n) is 6.57. The Balaban J connectivity index is 1.62. The van der Waals surface area contributed by atoms with Crippen LogP contribution in [0, 0.1) is 0 Å². The average Bonchev–Trinajstić information content (AvgIpc) is 2.99. The van der Waals surface area contributed by atoms with Crippen LogP contribution in [0.3, 0.4) is 0 Å². The van der Waals surface area contributed by atoms with Gasteiger partial charge in [0, 0.05) is 9.79 Å². The predicted molar refractivity (Wildman–Crippen MR) is 159 cm³/mol. The first kappa shape index (κ1) is 23.1. The summed E-state index contributed by atoms with van der Waals surface area (Å²) in [5.41, 5.74) is 9.87. The molecule has 0 aromatic heterocycles. The number of rotatable bonds is 6. The van der Waals surface area contributed by atoms with Gasteiger partial charge in [-0.15, -0.1) is 0 Å². The first-order valence-electron chi connectivity index (χ1n) is 12.5. The van der Waals surface area contributed by atoms with Crippen molar-refractivity contribution in [3.05, 3.63) is 158 Å². The molecule has 0 heterocycles. The van der Waals surface area contributed by atoms with Gasteiger partial charge < -0.3 is 0 Å². The van der Waals surface area contributed by atoms with E-state index in [9.17, 15) is 0 Å². The second-order valence-electron chi connectivity index (χ2n) is 8.93.